The zero-order valence-electron chi connectivity index (χ0n) is 14.6. The summed E-state index contributed by atoms with van der Waals surface area (Å²) in [6, 6.07) is 2.12. The Bertz CT molecular complexity index is 526. The molecule has 0 atom stereocenters. The molecule has 0 unspecified atom stereocenters. The molecule has 1 amide bonds. The molecule has 1 aromatic rings. The van der Waals surface area contributed by atoms with Crippen LogP contribution in [-0.2, 0) is 11.3 Å². The van der Waals surface area contributed by atoms with Gasteiger partial charge in [-0.2, -0.15) is 0 Å². The lowest BCUT2D eigenvalue weighted by Gasteiger charge is -2.21. The topological polar surface area (TPSA) is 65.5 Å². The first-order valence-electron chi connectivity index (χ1n) is 8.46. The summed E-state index contributed by atoms with van der Waals surface area (Å²) in [6.07, 6.45) is 5.74. The molecule has 2 rings (SSSR count). The molecule has 0 spiro atoms. The van der Waals surface area contributed by atoms with Crippen molar-refractivity contribution in [2.75, 3.05) is 20.1 Å². The van der Waals surface area contributed by atoms with Crippen LogP contribution in [0, 0.1) is 12.8 Å². The maximum Gasteiger partial charge on any atom is 0.223 e. The Balaban J connectivity index is 0.00000288. The molecule has 1 aliphatic rings. The van der Waals surface area contributed by atoms with Crippen molar-refractivity contribution in [3.8, 4) is 0 Å². The van der Waals surface area contributed by atoms with E-state index in [1.807, 2.05) is 0 Å². The number of amides is 1. The van der Waals surface area contributed by atoms with Crippen LogP contribution in [0.1, 0.15) is 42.5 Å². The number of aliphatic imine (C=N–C) groups is 1. The Kier molecular flexibility index (Phi) is 10.3. The molecule has 1 aliphatic carbocycles. The van der Waals surface area contributed by atoms with Gasteiger partial charge in [0, 0.05) is 30.9 Å². The molecular weight excluding hydrogens is 435 g/mol. The molecule has 0 saturated heterocycles. The van der Waals surface area contributed by atoms with Crippen molar-refractivity contribution in [3.63, 3.8) is 0 Å². The normalized spacial score (nSPS) is 15.5. The molecule has 1 heterocycles. The van der Waals surface area contributed by atoms with Gasteiger partial charge in [0.05, 0.1) is 6.54 Å². The van der Waals surface area contributed by atoms with Gasteiger partial charge in [-0.25, -0.2) is 0 Å². The molecule has 1 saturated carbocycles. The first kappa shape index (κ1) is 21.2. The van der Waals surface area contributed by atoms with Gasteiger partial charge in [-0.1, -0.05) is 19.3 Å². The lowest BCUT2D eigenvalue weighted by Crippen LogP contribution is -2.42. The number of guanidine groups is 1. The van der Waals surface area contributed by atoms with Gasteiger partial charge in [-0.3, -0.25) is 9.79 Å². The predicted octanol–water partition coefficient (Wildman–Crippen LogP) is 3.04. The van der Waals surface area contributed by atoms with E-state index in [1.165, 1.54) is 29.7 Å². The molecular formula is C17H29IN4OS. The number of hydrogen-bond acceptors (Lipinski definition) is 3. The number of thiophene rings is 1. The summed E-state index contributed by atoms with van der Waals surface area (Å²) in [5.41, 5.74) is 1.30. The summed E-state index contributed by atoms with van der Waals surface area (Å²) in [4.78, 5) is 17.6. The Morgan fingerprint density at radius 3 is 2.54 bits per heavy atom. The number of halogens is 1. The second kappa shape index (κ2) is 11.7. The minimum absolute atomic E-state index is 0. The number of hydrogen-bond donors (Lipinski definition) is 3. The number of carbonyl (C=O) groups excluding carboxylic acids is 1. The third-order valence-electron chi connectivity index (χ3n) is 4.30. The van der Waals surface area contributed by atoms with Crippen molar-refractivity contribution in [2.24, 2.45) is 10.9 Å². The molecule has 0 aromatic carbocycles. The highest BCUT2D eigenvalue weighted by molar-refractivity contribution is 14.0. The van der Waals surface area contributed by atoms with Crippen LogP contribution in [0.15, 0.2) is 16.4 Å². The molecule has 3 N–H and O–H groups in total. The van der Waals surface area contributed by atoms with Gasteiger partial charge in [0.1, 0.15) is 0 Å². The van der Waals surface area contributed by atoms with Crippen molar-refractivity contribution in [2.45, 2.75) is 45.6 Å². The molecule has 1 aromatic heterocycles. The summed E-state index contributed by atoms with van der Waals surface area (Å²) in [7, 11) is 1.76. The standard InChI is InChI=1S/C17H28N4OS.HI/c1-13-8-11-23-15(13)12-21-17(18-2)20-10-9-19-16(22)14-6-4-3-5-7-14;/h8,11,14H,3-7,9-10,12H2,1-2H3,(H,19,22)(H2,18,20,21);1H. The van der Waals surface area contributed by atoms with Crippen LogP contribution < -0.4 is 16.0 Å². The maximum atomic E-state index is 12.0. The highest BCUT2D eigenvalue weighted by Gasteiger charge is 2.20. The third kappa shape index (κ3) is 6.96. The van der Waals surface area contributed by atoms with E-state index in [0.29, 0.717) is 13.1 Å². The van der Waals surface area contributed by atoms with Gasteiger partial charge in [-0.15, -0.1) is 35.3 Å². The first-order chi connectivity index (χ1) is 11.2. The first-order valence-corrected chi connectivity index (χ1v) is 9.34. The van der Waals surface area contributed by atoms with Crippen LogP contribution in [0.2, 0.25) is 0 Å². The fourth-order valence-electron chi connectivity index (χ4n) is 2.85. The highest BCUT2D eigenvalue weighted by Crippen LogP contribution is 2.23. The highest BCUT2D eigenvalue weighted by atomic mass is 127. The van der Waals surface area contributed by atoms with Gasteiger partial charge in [0.25, 0.3) is 0 Å². The molecule has 0 aliphatic heterocycles. The van der Waals surface area contributed by atoms with Crippen molar-refractivity contribution < 1.29 is 4.79 Å². The fourth-order valence-corrected chi connectivity index (χ4v) is 3.69. The molecule has 0 radical (unpaired) electrons. The van der Waals surface area contributed by atoms with E-state index in [1.54, 1.807) is 18.4 Å². The number of nitrogens with one attached hydrogen (secondary N) is 3. The van der Waals surface area contributed by atoms with Gasteiger partial charge < -0.3 is 16.0 Å². The van der Waals surface area contributed by atoms with Crippen molar-refractivity contribution in [3.05, 3.63) is 21.9 Å². The Morgan fingerprint density at radius 2 is 1.92 bits per heavy atom. The van der Waals surface area contributed by atoms with Crippen LogP contribution in [0.25, 0.3) is 0 Å². The quantitative estimate of drug-likeness (QED) is 0.263. The number of carbonyl (C=O) groups is 1. The minimum Gasteiger partial charge on any atom is -0.355 e. The van der Waals surface area contributed by atoms with Crippen LogP contribution in [0.3, 0.4) is 0 Å². The predicted molar refractivity (Wildman–Crippen MR) is 112 cm³/mol. The largest absolute Gasteiger partial charge is 0.355 e. The Hall–Kier alpha value is -0.830. The van der Waals surface area contributed by atoms with Crippen LogP contribution in [0.4, 0.5) is 0 Å². The maximum absolute atomic E-state index is 12.0. The smallest absolute Gasteiger partial charge is 0.223 e. The summed E-state index contributed by atoms with van der Waals surface area (Å²) >= 11 is 1.75. The fraction of sp³-hybridized carbons (Fsp3) is 0.647. The zero-order valence-corrected chi connectivity index (χ0v) is 17.7. The second-order valence-electron chi connectivity index (χ2n) is 6.01. The van der Waals surface area contributed by atoms with Crippen molar-refractivity contribution >= 4 is 47.2 Å². The monoisotopic (exact) mass is 464 g/mol. The van der Waals surface area contributed by atoms with E-state index < -0.39 is 0 Å². The molecule has 7 heteroatoms. The summed E-state index contributed by atoms with van der Waals surface area (Å²) in [5.74, 6) is 1.20. The second-order valence-corrected chi connectivity index (χ2v) is 7.01. The van der Waals surface area contributed by atoms with Crippen LogP contribution >= 0.6 is 35.3 Å². The van der Waals surface area contributed by atoms with Crippen LogP contribution in [0.5, 0.6) is 0 Å². The van der Waals surface area contributed by atoms with Crippen LogP contribution in [-0.4, -0.2) is 32.0 Å². The molecule has 24 heavy (non-hydrogen) atoms. The molecule has 136 valence electrons. The third-order valence-corrected chi connectivity index (χ3v) is 5.32. The van der Waals surface area contributed by atoms with Crippen molar-refractivity contribution in [1.29, 1.82) is 0 Å². The molecule has 5 nitrogen and oxygen atoms in total. The summed E-state index contributed by atoms with van der Waals surface area (Å²) < 4.78 is 0. The Labute approximate surface area is 166 Å². The van der Waals surface area contributed by atoms with E-state index in [0.717, 1.165) is 25.3 Å². The van der Waals surface area contributed by atoms with Gasteiger partial charge in [0.2, 0.25) is 5.91 Å². The molecule has 1 fully saturated rings. The van der Waals surface area contributed by atoms with Crippen molar-refractivity contribution in [1.82, 2.24) is 16.0 Å². The number of rotatable bonds is 6. The van der Waals surface area contributed by atoms with E-state index in [9.17, 15) is 4.79 Å². The average Bonchev–Trinajstić information content (AvgIpc) is 3.00. The van der Waals surface area contributed by atoms with E-state index in [4.69, 9.17) is 0 Å². The number of aryl methyl sites for hydroxylation is 1. The lowest BCUT2D eigenvalue weighted by atomic mass is 9.89. The SMILES string of the molecule is CN=C(NCCNC(=O)C1CCCCC1)NCc1sccc1C.I. The van der Waals surface area contributed by atoms with E-state index >= 15 is 0 Å². The lowest BCUT2D eigenvalue weighted by molar-refractivity contribution is -0.125. The zero-order chi connectivity index (χ0) is 16.5. The minimum atomic E-state index is 0. The van der Waals surface area contributed by atoms with E-state index in [-0.39, 0.29) is 35.8 Å². The Morgan fingerprint density at radius 1 is 1.21 bits per heavy atom. The average molecular weight is 464 g/mol. The van der Waals surface area contributed by atoms with Gasteiger partial charge >= 0.3 is 0 Å². The summed E-state index contributed by atoms with van der Waals surface area (Å²) in [5, 5.41) is 11.7. The number of nitrogens with zero attached hydrogens (tertiary/aromatic N) is 1. The van der Waals surface area contributed by atoms with E-state index in [2.05, 4.69) is 39.3 Å². The van der Waals surface area contributed by atoms with Gasteiger partial charge in [-0.05, 0) is 36.8 Å². The molecule has 0 bridgehead atoms. The van der Waals surface area contributed by atoms with Gasteiger partial charge in [0.15, 0.2) is 5.96 Å². The summed E-state index contributed by atoms with van der Waals surface area (Å²) in [6.45, 7) is 4.21.